The summed E-state index contributed by atoms with van der Waals surface area (Å²) in [6.45, 7) is 3.15. The van der Waals surface area contributed by atoms with E-state index in [1.54, 1.807) is 7.11 Å². The van der Waals surface area contributed by atoms with Gasteiger partial charge in [-0.05, 0) is 0 Å². The molecule has 0 aromatic rings. The molecular weight excluding hydrogens is 251 g/mol. The molecule has 17 heavy (non-hydrogen) atoms. The molecule has 0 radical (unpaired) electrons. The zero-order chi connectivity index (χ0) is 12.9. The van der Waals surface area contributed by atoms with Crippen molar-refractivity contribution in [2.45, 2.75) is 19.1 Å². The molecule has 2 N–H and O–H groups in total. The number of phosphoric acid groups is 1. The molecular formula is C9H19O7P. The van der Waals surface area contributed by atoms with Crippen LogP contribution in [0.15, 0.2) is 0 Å². The van der Waals surface area contributed by atoms with Gasteiger partial charge in [0.25, 0.3) is 0 Å². The van der Waals surface area contributed by atoms with Gasteiger partial charge in [-0.2, -0.15) is 0 Å². The predicted molar refractivity (Wildman–Crippen MR) is 58.5 cm³/mol. The van der Waals surface area contributed by atoms with Crippen LogP contribution in [0.5, 0.6) is 0 Å². The standard InChI is InChI=1S/C9H19O7P/c1-7-8(14-4-3-13-2)5-15-9(7)6-16-17(10,11)12/h7-9H,3-6H2,1-2H3,(H2,10,11,12)/t7?,8-,9+/m0/s1. The molecule has 0 bridgehead atoms. The number of hydrogen-bond acceptors (Lipinski definition) is 5. The Morgan fingerprint density at radius 2 is 2.12 bits per heavy atom. The van der Waals surface area contributed by atoms with E-state index in [-0.39, 0.29) is 24.7 Å². The Bertz CT molecular complexity index is 266. The Labute approximate surface area is 100 Å². The monoisotopic (exact) mass is 270 g/mol. The van der Waals surface area contributed by atoms with Crippen molar-refractivity contribution in [2.75, 3.05) is 33.5 Å². The molecule has 1 rings (SSSR count). The number of rotatable bonds is 7. The first-order valence-electron chi connectivity index (χ1n) is 5.36. The quantitative estimate of drug-likeness (QED) is 0.502. The summed E-state index contributed by atoms with van der Waals surface area (Å²) < 4.78 is 30.7. The number of ether oxygens (including phenoxy) is 3. The highest BCUT2D eigenvalue weighted by atomic mass is 31.2. The fourth-order valence-electron chi connectivity index (χ4n) is 1.61. The van der Waals surface area contributed by atoms with Gasteiger partial charge in [-0.15, -0.1) is 0 Å². The van der Waals surface area contributed by atoms with Gasteiger partial charge in [0, 0.05) is 13.0 Å². The average Bonchev–Trinajstić information content (AvgIpc) is 2.57. The second-order valence-corrected chi connectivity index (χ2v) is 5.16. The summed E-state index contributed by atoms with van der Waals surface area (Å²) in [5.74, 6) is 0.0263. The van der Waals surface area contributed by atoms with E-state index in [1.165, 1.54) is 0 Å². The highest BCUT2D eigenvalue weighted by Crippen LogP contribution is 2.37. The fourth-order valence-corrected chi connectivity index (χ4v) is 1.96. The summed E-state index contributed by atoms with van der Waals surface area (Å²) in [6, 6.07) is 0. The molecule has 1 aliphatic rings. The second kappa shape index (κ2) is 6.80. The maximum atomic E-state index is 10.6. The first-order chi connectivity index (χ1) is 7.94. The van der Waals surface area contributed by atoms with Crippen LogP contribution in [-0.4, -0.2) is 55.5 Å². The Hall–Kier alpha value is -0.0100. The maximum absolute atomic E-state index is 10.6. The van der Waals surface area contributed by atoms with Gasteiger partial charge in [0.15, 0.2) is 0 Å². The van der Waals surface area contributed by atoms with E-state index in [4.69, 9.17) is 24.0 Å². The van der Waals surface area contributed by atoms with Crippen LogP contribution in [-0.2, 0) is 23.3 Å². The zero-order valence-electron chi connectivity index (χ0n) is 9.94. The first-order valence-corrected chi connectivity index (χ1v) is 6.89. The van der Waals surface area contributed by atoms with Gasteiger partial charge in [0.05, 0.1) is 38.6 Å². The van der Waals surface area contributed by atoms with E-state index in [0.717, 1.165) is 0 Å². The van der Waals surface area contributed by atoms with Gasteiger partial charge in [0.1, 0.15) is 0 Å². The van der Waals surface area contributed by atoms with Crippen molar-refractivity contribution in [1.82, 2.24) is 0 Å². The third-order valence-corrected chi connectivity index (χ3v) is 3.16. The van der Waals surface area contributed by atoms with Gasteiger partial charge in [-0.3, -0.25) is 4.52 Å². The normalized spacial score (nSPS) is 29.8. The van der Waals surface area contributed by atoms with Crippen molar-refractivity contribution in [1.29, 1.82) is 0 Å². The van der Waals surface area contributed by atoms with Crippen molar-refractivity contribution < 1.29 is 33.1 Å². The molecule has 1 unspecified atom stereocenters. The molecule has 7 nitrogen and oxygen atoms in total. The van der Waals surface area contributed by atoms with Crippen LogP contribution in [0, 0.1) is 5.92 Å². The van der Waals surface area contributed by atoms with E-state index >= 15 is 0 Å². The second-order valence-electron chi connectivity index (χ2n) is 3.92. The first kappa shape index (κ1) is 15.0. The minimum absolute atomic E-state index is 0.0263. The van der Waals surface area contributed by atoms with Crippen LogP contribution in [0.2, 0.25) is 0 Å². The largest absolute Gasteiger partial charge is 0.469 e. The van der Waals surface area contributed by atoms with Gasteiger partial charge < -0.3 is 24.0 Å². The van der Waals surface area contributed by atoms with Gasteiger partial charge in [-0.25, -0.2) is 4.57 Å². The predicted octanol–water partition coefficient (Wildman–Crippen LogP) is 0.162. The lowest BCUT2D eigenvalue weighted by atomic mass is 10.0. The van der Waals surface area contributed by atoms with E-state index in [1.807, 2.05) is 6.92 Å². The lowest BCUT2D eigenvalue weighted by molar-refractivity contribution is 0.000575. The summed E-state index contributed by atoms with van der Waals surface area (Å²) in [6.07, 6.45) is -0.439. The zero-order valence-corrected chi connectivity index (χ0v) is 10.8. The van der Waals surface area contributed by atoms with Gasteiger partial charge in [0.2, 0.25) is 0 Å². The molecule has 1 aliphatic heterocycles. The molecule has 0 amide bonds. The average molecular weight is 270 g/mol. The lowest BCUT2D eigenvalue weighted by Crippen LogP contribution is -2.27. The van der Waals surface area contributed by atoms with Crippen molar-refractivity contribution >= 4 is 7.82 Å². The van der Waals surface area contributed by atoms with Crippen LogP contribution < -0.4 is 0 Å². The van der Waals surface area contributed by atoms with Crippen LogP contribution in [0.1, 0.15) is 6.92 Å². The lowest BCUT2D eigenvalue weighted by Gasteiger charge is -2.18. The minimum Gasteiger partial charge on any atom is -0.382 e. The SMILES string of the molecule is COCCO[C@H]1CO[C@H](COP(=O)(O)O)C1C. The summed E-state index contributed by atoms with van der Waals surface area (Å²) in [7, 11) is -2.84. The van der Waals surface area contributed by atoms with Crippen LogP contribution >= 0.6 is 7.82 Å². The molecule has 0 spiro atoms. The number of methoxy groups -OCH3 is 1. The molecule has 0 aliphatic carbocycles. The van der Waals surface area contributed by atoms with Crippen molar-refractivity contribution in [3.05, 3.63) is 0 Å². The van der Waals surface area contributed by atoms with Gasteiger partial charge in [-0.1, -0.05) is 6.92 Å². The van der Waals surface area contributed by atoms with Crippen LogP contribution in [0.3, 0.4) is 0 Å². The van der Waals surface area contributed by atoms with E-state index in [0.29, 0.717) is 19.8 Å². The Kier molecular flexibility index (Phi) is 6.02. The molecule has 0 aromatic carbocycles. The van der Waals surface area contributed by atoms with Crippen LogP contribution in [0.25, 0.3) is 0 Å². The van der Waals surface area contributed by atoms with Crippen molar-refractivity contribution in [3.63, 3.8) is 0 Å². The Morgan fingerprint density at radius 1 is 1.41 bits per heavy atom. The fraction of sp³-hybridized carbons (Fsp3) is 1.00. The summed E-state index contributed by atoms with van der Waals surface area (Å²) in [5, 5.41) is 0. The molecule has 0 saturated carbocycles. The number of hydrogen-bond donors (Lipinski definition) is 2. The van der Waals surface area contributed by atoms with E-state index in [9.17, 15) is 4.57 Å². The third-order valence-electron chi connectivity index (χ3n) is 2.67. The topological polar surface area (TPSA) is 94.5 Å². The van der Waals surface area contributed by atoms with Crippen LogP contribution in [0.4, 0.5) is 0 Å². The van der Waals surface area contributed by atoms with Crippen molar-refractivity contribution in [2.24, 2.45) is 5.92 Å². The molecule has 1 heterocycles. The molecule has 8 heteroatoms. The minimum atomic E-state index is -4.43. The molecule has 1 saturated heterocycles. The molecule has 3 atom stereocenters. The van der Waals surface area contributed by atoms with E-state index in [2.05, 4.69) is 4.52 Å². The Morgan fingerprint density at radius 3 is 2.71 bits per heavy atom. The maximum Gasteiger partial charge on any atom is 0.469 e. The highest BCUT2D eigenvalue weighted by Gasteiger charge is 2.35. The molecule has 0 aromatic heterocycles. The molecule has 102 valence electrons. The van der Waals surface area contributed by atoms with Gasteiger partial charge >= 0.3 is 7.82 Å². The molecule has 1 fully saturated rings. The number of phosphoric ester groups is 1. The van der Waals surface area contributed by atoms with E-state index < -0.39 is 7.82 Å². The summed E-state index contributed by atoms with van der Waals surface area (Å²) >= 11 is 0. The highest BCUT2D eigenvalue weighted by molar-refractivity contribution is 7.46. The summed E-state index contributed by atoms with van der Waals surface area (Å²) in [5.41, 5.74) is 0. The Balaban J connectivity index is 2.28. The smallest absolute Gasteiger partial charge is 0.382 e. The van der Waals surface area contributed by atoms with Crippen molar-refractivity contribution in [3.8, 4) is 0 Å². The third kappa shape index (κ3) is 5.44. The summed E-state index contributed by atoms with van der Waals surface area (Å²) in [4.78, 5) is 17.2.